The Labute approximate surface area is 95.2 Å². The highest BCUT2D eigenvalue weighted by atomic mass is 19.4. The monoisotopic (exact) mass is 238 g/mol. The fourth-order valence-corrected chi connectivity index (χ4v) is 1.84. The van der Waals surface area contributed by atoms with Crippen molar-refractivity contribution in [1.29, 1.82) is 0 Å². The zero-order valence-electron chi connectivity index (χ0n) is 9.98. The predicted molar refractivity (Wildman–Crippen MR) is 58.4 cm³/mol. The van der Waals surface area contributed by atoms with Gasteiger partial charge in [-0.3, -0.25) is 0 Å². The molecule has 1 aliphatic rings. The summed E-state index contributed by atoms with van der Waals surface area (Å²) < 4.78 is 35.7. The lowest BCUT2D eigenvalue weighted by atomic mass is 9.85. The van der Waals surface area contributed by atoms with Gasteiger partial charge in [0.05, 0.1) is 6.54 Å². The van der Waals surface area contributed by atoms with Crippen molar-refractivity contribution >= 4 is 0 Å². The van der Waals surface area contributed by atoms with E-state index in [1.165, 1.54) is 19.3 Å². The highest BCUT2D eigenvalue weighted by Gasteiger charge is 2.27. The van der Waals surface area contributed by atoms with Gasteiger partial charge in [0, 0.05) is 19.1 Å². The second-order valence-electron chi connectivity index (χ2n) is 4.83. The van der Waals surface area contributed by atoms with Crippen LogP contribution >= 0.6 is 0 Å². The SMILES string of the molecule is CC(CNCC(F)(F)F)N(C)CC1CCC1. The minimum atomic E-state index is -4.10. The number of hydrogen-bond donors (Lipinski definition) is 1. The fourth-order valence-electron chi connectivity index (χ4n) is 1.84. The third-order valence-electron chi connectivity index (χ3n) is 3.29. The van der Waals surface area contributed by atoms with Crippen molar-refractivity contribution in [3.63, 3.8) is 0 Å². The summed E-state index contributed by atoms with van der Waals surface area (Å²) in [6, 6.07) is 0.156. The molecule has 5 heteroatoms. The molecule has 0 aromatic carbocycles. The van der Waals surface area contributed by atoms with Gasteiger partial charge in [-0.25, -0.2) is 0 Å². The van der Waals surface area contributed by atoms with Crippen LogP contribution in [0.5, 0.6) is 0 Å². The molecule has 0 heterocycles. The van der Waals surface area contributed by atoms with Gasteiger partial charge >= 0.3 is 6.18 Å². The van der Waals surface area contributed by atoms with Crippen molar-refractivity contribution in [2.75, 3.05) is 26.7 Å². The molecule has 0 aliphatic heterocycles. The number of likely N-dealkylation sites (N-methyl/N-ethyl adjacent to an activating group) is 1. The van der Waals surface area contributed by atoms with Crippen LogP contribution in [0.3, 0.4) is 0 Å². The van der Waals surface area contributed by atoms with Crippen molar-refractivity contribution in [1.82, 2.24) is 10.2 Å². The van der Waals surface area contributed by atoms with Crippen LogP contribution in [0.2, 0.25) is 0 Å². The van der Waals surface area contributed by atoms with E-state index in [0.29, 0.717) is 6.54 Å². The molecule has 0 saturated heterocycles. The van der Waals surface area contributed by atoms with E-state index >= 15 is 0 Å². The number of nitrogens with zero attached hydrogens (tertiary/aromatic N) is 1. The van der Waals surface area contributed by atoms with Gasteiger partial charge in [-0.15, -0.1) is 0 Å². The van der Waals surface area contributed by atoms with Gasteiger partial charge in [0.1, 0.15) is 0 Å². The van der Waals surface area contributed by atoms with Crippen LogP contribution in [0.15, 0.2) is 0 Å². The summed E-state index contributed by atoms with van der Waals surface area (Å²) in [5.41, 5.74) is 0. The highest BCUT2D eigenvalue weighted by Crippen LogP contribution is 2.27. The molecule has 0 spiro atoms. The fraction of sp³-hybridized carbons (Fsp3) is 1.00. The molecule has 1 rings (SSSR count). The quantitative estimate of drug-likeness (QED) is 0.763. The molecule has 1 atom stereocenters. The maximum atomic E-state index is 11.9. The molecule has 0 aromatic heterocycles. The Hall–Kier alpha value is -0.290. The first-order chi connectivity index (χ1) is 7.38. The van der Waals surface area contributed by atoms with Crippen molar-refractivity contribution in [3.05, 3.63) is 0 Å². The van der Waals surface area contributed by atoms with E-state index in [1.54, 1.807) is 0 Å². The summed E-state index contributed by atoms with van der Waals surface area (Å²) in [6.07, 6.45) is -0.258. The molecule has 0 amide bonds. The van der Waals surface area contributed by atoms with Crippen molar-refractivity contribution in [2.24, 2.45) is 5.92 Å². The lowest BCUT2D eigenvalue weighted by molar-refractivity contribution is -0.125. The predicted octanol–water partition coefficient (Wildman–Crippen LogP) is 2.26. The molecule has 96 valence electrons. The Bertz CT molecular complexity index is 202. The minimum absolute atomic E-state index is 0.156. The average Bonchev–Trinajstić information content (AvgIpc) is 2.08. The molecular weight excluding hydrogens is 217 g/mol. The molecule has 0 radical (unpaired) electrons. The molecule has 2 nitrogen and oxygen atoms in total. The Morgan fingerprint density at radius 3 is 2.44 bits per heavy atom. The van der Waals surface area contributed by atoms with E-state index in [9.17, 15) is 13.2 Å². The van der Waals surface area contributed by atoms with Crippen LogP contribution in [0.1, 0.15) is 26.2 Å². The first-order valence-corrected chi connectivity index (χ1v) is 5.86. The van der Waals surface area contributed by atoms with Crippen molar-refractivity contribution < 1.29 is 13.2 Å². The number of halogens is 3. The number of hydrogen-bond acceptors (Lipinski definition) is 2. The van der Waals surface area contributed by atoms with Gasteiger partial charge in [0.2, 0.25) is 0 Å². The Morgan fingerprint density at radius 1 is 1.38 bits per heavy atom. The summed E-state index contributed by atoms with van der Waals surface area (Å²) in [5, 5.41) is 2.45. The largest absolute Gasteiger partial charge is 0.401 e. The van der Waals surface area contributed by atoms with E-state index < -0.39 is 12.7 Å². The van der Waals surface area contributed by atoms with Crippen LogP contribution < -0.4 is 5.32 Å². The van der Waals surface area contributed by atoms with Crippen molar-refractivity contribution in [3.8, 4) is 0 Å². The van der Waals surface area contributed by atoms with Gasteiger partial charge in [-0.2, -0.15) is 13.2 Å². The number of nitrogens with one attached hydrogen (secondary N) is 1. The first-order valence-electron chi connectivity index (χ1n) is 5.86. The second-order valence-corrected chi connectivity index (χ2v) is 4.83. The Balaban J connectivity index is 2.10. The minimum Gasteiger partial charge on any atom is -0.307 e. The zero-order valence-corrected chi connectivity index (χ0v) is 9.98. The van der Waals surface area contributed by atoms with E-state index in [0.717, 1.165) is 12.5 Å². The van der Waals surface area contributed by atoms with E-state index in [2.05, 4.69) is 10.2 Å². The van der Waals surface area contributed by atoms with Crippen LogP contribution in [-0.4, -0.2) is 43.8 Å². The summed E-state index contributed by atoms with van der Waals surface area (Å²) >= 11 is 0. The molecule has 1 saturated carbocycles. The van der Waals surface area contributed by atoms with Crippen LogP contribution in [-0.2, 0) is 0 Å². The molecule has 1 unspecified atom stereocenters. The van der Waals surface area contributed by atoms with Crippen LogP contribution in [0, 0.1) is 5.92 Å². The summed E-state index contributed by atoms with van der Waals surface area (Å²) in [4.78, 5) is 2.15. The first kappa shape index (κ1) is 13.8. The average molecular weight is 238 g/mol. The summed E-state index contributed by atoms with van der Waals surface area (Å²) in [5.74, 6) is 0.759. The highest BCUT2D eigenvalue weighted by molar-refractivity contribution is 4.76. The van der Waals surface area contributed by atoms with Gasteiger partial charge < -0.3 is 10.2 Å². The molecule has 1 N–H and O–H groups in total. The van der Waals surface area contributed by atoms with E-state index in [1.807, 2.05) is 14.0 Å². The maximum Gasteiger partial charge on any atom is 0.401 e. The summed E-state index contributed by atoms with van der Waals surface area (Å²) in [6.45, 7) is 2.47. The van der Waals surface area contributed by atoms with Gasteiger partial charge in [0.15, 0.2) is 0 Å². The Kier molecular flexibility index (Phi) is 5.05. The number of rotatable bonds is 6. The maximum absolute atomic E-state index is 11.9. The van der Waals surface area contributed by atoms with Gasteiger partial charge in [-0.1, -0.05) is 6.42 Å². The normalized spacial score (nSPS) is 19.9. The molecule has 0 aromatic rings. The third kappa shape index (κ3) is 5.16. The zero-order chi connectivity index (χ0) is 12.2. The molecule has 16 heavy (non-hydrogen) atoms. The second kappa shape index (κ2) is 5.87. The van der Waals surface area contributed by atoms with Gasteiger partial charge in [0.25, 0.3) is 0 Å². The van der Waals surface area contributed by atoms with E-state index in [-0.39, 0.29) is 6.04 Å². The third-order valence-corrected chi connectivity index (χ3v) is 3.29. The standard InChI is InChI=1S/C11H21F3N2/c1-9(6-15-8-11(12,13)14)16(2)7-10-4-3-5-10/h9-10,15H,3-8H2,1-2H3. The molecule has 1 aliphatic carbocycles. The summed E-state index contributed by atoms with van der Waals surface area (Å²) in [7, 11) is 1.98. The van der Waals surface area contributed by atoms with Crippen LogP contribution in [0.4, 0.5) is 13.2 Å². The molecule has 1 fully saturated rings. The molecular formula is C11H21F3N2. The number of alkyl halides is 3. The lowest BCUT2D eigenvalue weighted by Gasteiger charge is -2.33. The smallest absolute Gasteiger partial charge is 0.307 e. The lowest BCUT2D eigenvalue weighted by Crippen LogP contribution is -2.43. The van der Waals surface area contributed by atoms with Gasteiger partial charge in [-0.05, 0) is 32.7 Å². The van der Waals surface area contributed by atoms with Crippen LogP contribution in [0.25, 0.3) is 0 Å². The van der Waals surface area contributed by atoms with Crippen molar-refractivity contribution in [2.45, 2.75) is 38.4 Å². The Morgan fingerprint density at radius 2 is 2.00 bits per heavy atom. The van der Waals surface area contributed by atoms with E-state index in [4.69, 9.17) is 0 Å². The molecule has 0 bridgehead atoms. The topological polar surface area (TPSA) is 15.3 Å².